The summed E-state index contributed by atoms with van der Waals surface area (Å²) in [6, 6.07) is 9.97. The Morgan fingerprint density at radius 1 is 1.00 bits per heavy atom. The van der Waals surface area contributed by atoms with Crippen molar-refractivity contribution in [1.29, 1.82) is 0 Å². The summed E-state index contributed by atoms with van der Waals surface area (Å²) < 4.78 is 7.65. The second-order valence-corrected chi connectivity index (χ2v) is 6.96. The number of hydrogen-bond donors (Lipinski definition) is 0. The van der Waals surface area contributed by atoms with Crippen molar-refractivity contribution in [3.8, 4) is 5.75 Å². The molecule has 0 aliphatic carbocycles. The third-order valence-electron chi connectivity index (χ3n) is 4.50. The molecular weight excluding hydrogens is 322 g/mol. The zero-order chi connectivity index (χ0) is 16.8. The molecule has 3 rings (SSSR count). The standard InChI is InChI=1S/C18H25N3O2S/c1-16-15-24-18(22)21(16)12-11-19-7-9-20(10-8-19)13-14-23-17-5-3-2-4-6-17/h2-6,15H,7-14H2,1H3. The van der Waals surface area contributed by atoms with Crippen LogP contribution in [0.25, 0.3) is 0 Å². The van der Waals surface area contributed by atoms with Crippen LogP contribution in [0.2, 0.25) is 0 Å². The fourth-order valence-corrected chi connectivity index (χ4v) is 3.72. The Labute approximate surface area is 147 Å². The first-order valence-electron chi connectivity index (χ1n) is 8.50. The molecule has 1 aliphatic rings. The average molecular weight is 347 g/mol. The van der Waals surface area contributed by atoms with Gasteiger partial charge >= 0.3 is 4.87 Å². The fourth-order valence-electron chi connectivity index (χ4n) is 2.96. The molecule has 6 heteroatoms. The summed E-state index contributed by atoms with van der Waals surface area (Å²) in [5, 5.41) is 1.94. The third-order valence-corrected chi connectivity index (χ3v) is 5.38. The topological polar surface area (TPSA) is 37.7 Å². The van der Waals surface area contributed by atoms with Crippen molar-refractivity contribution in [2.45, 2.75) is 13.5 Å². The molecule has 1 fully saturated rings. The molecule has 0 spiro atoms. The van der Waals surface area contributed by atoms with Gasteiger partial charge in [-0.2, -0.15) is 0 Å². The molecule has 0 N–H and O–H groups in total. The molecule has 24 heavy (non-hydrogen) atoms. The lowest BCUT2D eigenvalue weighted by atomic mass is 10.3. The molecule has 1 aliphatic heterocycles. The fraction of sp³-hybridized carbons (Fsp3) is 0.500. The first kappa shape index (κ1) is 17.2. The Hall–Kier alpha value is -1.63. The molecule has 2 aromatic rings. The number of rotatable bonds is 7. The number of aromatic nitrogens is 1. The minimum absolute atomic E-state index is 0.157. The quantitative estimate of drug-likeness (QED) is 0.767. The van der Waals surface area contributed by atoms with Gasteiger partial charge in [0, 0.05) is 56.9 Å². The molecule has 5 nitrogen and oxygen atoms in total. The summed E-state index contributed by atoms with van der Waals surface area (Å²) in [7, 11) is 0. The summed E-state index contributed by atoms with van der Waals surface area (Å²) in [6.07, 6.45) is 0. The third kappa shape index (κ3) is 4.69. The van der Waals surface area contributed by atoms with Gasteiger partial charge in [0.1, 0.15) is 12.4 Å². The van der Waals surface area contributed by atoms with Gasteiger partial charge in [0.25, 0.3) is 0 Å². The molecule has 1 aromatic heterocycles. The van der Waals surface area contributed by atoms with Gasteiger partial charge < -0.3 is 9.30 Å². The number of piperazine rings is 1. The molecule has 0 bridgehead atoms. The lowest BCUT2D eigenvalue weighted by molar-refractivity contribution is 0.114. The van der Waals surface area contributed by atoms with Crippen LogP contribution < -0.4 is 9.61 Å². The minimum Gasteiger partial charge on any atom is -0.492 e. The number of para-hydroxylation sites is 1. The number of benzene rings is 1. The second-order valence-electron chi connectivity index (χ2n) is 6.14. The second kappa shape index (κ2) is 8.46. The van der Waals surface area contributed by atoms with E-state index in [1.54, 1.807) is 0 Å². The molecule has 0 saturated carbocycles. The van der Waals surface area contributed by atoms with Gasteiger partial charge in [0.05, 0.1) is 0 Å². The van der Waals surface area contributed by atoms with Crippen molar-refractivity contribution in [3.63, 3.8) is 0 Å². The first-order chi connectivity index (χ1) is 11.7. The van der Waals surface area contributed by atoms with Gasteiger partial charge in [0.2, 0.25) is 0 Å². The van der Waals surface area contributed by atoms with Crippen molar-refractivity contribution in [3.05, 3.63) is 51.1 Å². The van der Waals surface area contributed by atoms with Crippen molar-refractivity contribution >= 4 is 11.3 Å². The number of thiazole rings is 1. The van der Waals surface area contributed by atoms with E-state index in [2.05, 4.69) is 9.80 Å². The smallest absolute Gasteiger partial charge is 0.307 e. The maximum absolute atomic E-state index is 11.7. The van der Waals surface area contributed by atoms with E-state index in [0.717, 1.165) is 63.9 Å². The van der Waals surface area contributed by atoms with Crippen LogP contribution in [0.4, 0.5) is 0 Å². The lowest BCUT2D eigenvalue weighted by Crippen LogP contribution is -2.48. The molecule has 1 aromatic carbocycles. The van der Waals surface area contributed by atoms with Gasteiger partial charge in [0.15, 0.2) is 0 Å². The van der Waals surface area contributed by atoms with Crippen molar-refractivity contribution in [1.82, 2.24) is 14.4 Å². The first-order valence-corrected chi connectivity index (χ1v) is 9.38. The van der Waals surface area contributed by atoms with Gasteiger partial charge in [-0.3, -0.25) is 14.6 Å². The van der Waals surface area contributed by atoms with Crippen LogP contribution in [0.15, 0.2) is 40.5 Å². The van der Waals surface area contributed by atoms with Crippen LogP contribution in [0.3, 0.4) is 0 Å². The van der Waals surface area contributed by atoms with Gasteiger partial charge in [-0.25, -0.2) is 0 Å². The van der Waals surface area contributed by atoms with Crippen LogP contribution in [-0.2, 0) is 6.54 Å². The minimum atomic E-state index is 0.157. The van der Waals surface area contributed by atoms with Crippen molar-refractivity contribution in [2.75, 3.05) is 45.9 Å². The van der Waals surface area contributed by atoms with Crippen LogP contribution in [0, 0.1) is 6.92 Å². The summed E-state index contributed by atoms with van der Waals surface area (Å²) >= 11 is 1.29. The summed E-state index contributed by atoms with van der Waals surface area (Å²) in [4.78, 5) is 16.8. The van der Waals surface area contributed by atoms with Gasteiger partial charge in [-0.1, -0.05) is 29.5 Å². The normalized spacial score (nSPS) is 16.4. The molecule has 130 valence electrons. The monoisotopic (exact) mass is 347 g/mol. The summed E-state index contributed by atoms with van der Waals surface area (Å²) in [5.41, 5.74) is 1.07. The van der Waals surface area contributed by atoms with Gasteiger partial charge in [-0.05, 0) is 19.1 Å². The molecule has 0 atom stereocenters. The SMILES string of the molecule is Cc1csc(=O)n1CCN1CCN(CCOc2ccccc2)CC1. The zero-order valence-corrected chi connectivity index (χ0v) is 15.0. The van der Waals surface area contributed by atoms with E-state index in [9.17, 15) is 4.79 Å². The molecule has 0 radical (unpaired) electrons. The zero-order valence-electron chi connectivity index (χ0n) is 14.2. The summed E-state index contributed by atoms with van der Waals surface area (Å²) in [5.74, 6) is 0.938. The van der Waals surface area contributed by atoms with Crippen LogP contribution in [0.5, 0.6) is 5.75 Å². The molecule has 0 amide bonds. The largest absolute Gasteiger partial charge is 0.492 e. The van der Waals surface area contributed by atoms with Gasteiger partial charge in [-0.15, -0.1) is 0 Å². The number of ether oxygens (including phenoxy) is 1. The van der Waals surface area contributed by atoms with E-state index in [4.69, 9.17) is 4.74 Å². The highest BCUT2D eigenvalue weighted by molar-refractivity contribution is 7.07. The van der Waals surface area contributed by atoms with E-state index in [1.165, 1.54) is 11.3 Å². The number of hydrogen-bond acceptors (Lipinski definition) is 5. The molecule has 2 heterocycles. The highest BCUT2D eigenvalue weighted by atomic mass is 32.1. The van der Waals surface area contributed by atoms with Crippen molar-refractivity contribution < 1.29 is 4.74 Å². The molecule has 1 saturated heterocycles. The Kier molecular flexibility index (Phi) is 6.07. The Morgan fingerprint density at radius 3 is 2.29 bits per heavy atom. The van der Waals surface area contributed by atoms with E-state index in [-0.39, 0.29) is 4.87 Å². The highest BCUT2D eigenvalue weighted by Crippen LogP contribution is 2.09. The maximum atomic E-state index is 11.7. The molecular formula is C18H25N3O2S. The summed E-state index contributed by atoms with van der Waals surface area (Å²) in [6.45, 7) is 9.69. The van der Waals surface area contributed by atoms with Crippen molar-refractivity contribution in [2.24, 2.45) is 0 Å². The average Bonchev–Trinajstić information content (AvgIpc) is 2.93. The lowest BCUT2D eigenvalue weighted by Gasteiger charge is -2.34. The highest BCUT2D eigenvalue weighted by Gasteiger charge is 2.16. The number of nitrogens with zero attached hydrogens (tertiary/aromatic N) is 3. The van der Waals surface area contributed by atoms with E-state index < -0.39 is 0 Å². The Balaban J connectivity index is 1.34. The Morgan fingerprint density at radius 2 is 1.67 bits per heavy atom. The number of aryl methyl sites for hydroxylation is 1. The van der Waals surface area contributed by atoms with E-state index in [1.807, 2.05) is 47.2 Å². The van der Waals surface area contributed by atoms with Crippen LogP contribution in [0.1, 0.15) is 5.69 Å². The maximum Gasteiger partial charge on any atom is 0.307 e. The van der Waals surface area contributed by atoms with Crippen LogP contribution >= 0.6 is 11.3 Å². The Bertz CT molecular complexity index is 675. The molecule has 0 unspecified atom stereocenters. The predicted octanol–water partition coefficient (Wildman–Crippen LogP) is 1.91. The van der Waals surface area contributed by atoms with Crippen LogP contribution in [-0.4, -0.2) is 60.2 Å². The predicted molar refractivity (Wildman–Crippen MR) is 98.1 cm³/mol. The van der Waals surface area contributed by atoms with E-state index >= 15 is 0 Å². The van der Waals surface area contributed by atoms with E-state index in [0.29, 0.717) is 0 Å².